The van der Waals surface area contributed by atoms with Crippen LogP contribution in [0, 0.1) is 0 Å². The third-order valence-electron chi connectivity index (χ3n) is 3.95. The van der Waals surface area contributed by atoms with Crippen LogP contribution in [0.25, 0.3) is 10.9 Å². The highest BCUT2D eigenvalue weighted by molar-refractivity contribution is 5.91. The van der Waals surface area contributed by atoms with Crippen molar-refractivity contribution in [1.82, 2.24) is 9.97 Å². The minimum atomic E-state index is 0.126. The minimum Gasteiger partial charge on any atom is -0.490 e. The van der Waals surface area contributed by atoms with Crippen LogP contribution in [0.4, 0.5) is 5.82 Å². The summed E-state index contributed by atoms with van der Waals surface area (Å²) >= 11 is 0. The molecular weight excluding hydrogens is 314 g/mol. The summed E-state index contributed by atoms with van der Waals surface area (Å²) in [5.74, 6) is 2.20. The number of aromatic nitrogens is 2. The molecule has 0 saturated heterocycles. The summed E-state index contributed by atoms with van der Waals surface area (Å²) in [5, 5.41) is 4.39. The van der Waals surface area contributed by atoms with Gasteiger partial charge in [0.05, 0.1) is 18.7 Å². The van der Waals surface area contributed by atoms with Gasteiger partial charge in [-0.05, 0) is 32.4 Å². The number of hydrogen-bond donors (Lipinski definition) is 1. The lowest BCUT2D eigenvalue weighted by Crippen LogP contribution is -2.08. The lowest BCUT2D eigenvalue weighted by atomic mass is 10.1. The van der Waals surface area contributed by atoms with Gasteiger partial charge in [0.1, 0.15) is 12.1 Å². The van der Waals surface area contributed by atoms with Gasteiger partial charge in [0.15, 0.2) is 11.5 Å². The minimum absolute atomic E-state index is 0.126. The van der Waals surface area contributed by atoms with Crippen molar-refractivity contribution in [2.75, 3.05) is 18.5 Å². The van der Waals surface area contributed by atoms with Crippen LogP contribution < -0.4 is 14.8 Å². The Morgan fingerprint density at radius 2 is 1.64 bits per heavy atom. The molecule has 0 unspecified atom stereocenters. The average molecular weight is 337 g/mol. The predicted molar refractivity (Wildman–Crippen MR) is 100 cm³/mol. The zero-order valence-corrected chi connectivity index (χ0v) is 14.8. The number of nitrogens with zero attached hydrogens (tertiary/aromatic N) is 2. The number of ether oxygens (including phenoxy) is 2. The zero-order valence-electron chi connectivity index (χ0n) is 14.8. The first kappa shape index (κ1) is 17.0. The first-order chi connectivity index (χ1) is 12.2. The Hall–Kier alpha value is -2.82. The molecule has 1 heterocycles. The van der Waals surface area contributed by atoms with E-state index in [0.29, 0.717) is 24.7 Å². The number of fused-ring (bicyclic) bond motifs is 1. The smallest absolute Gasteiger partial charge is 0.163 e. The van der Waals surface area contributed by atoms with E-state index >= 15 is 0 Å². The SMILES string of the molecule is CCOc1cc2ncnc(N[C@@H](C)c3ccccc3)c2cc1OCC. The second-order valence-electron chi connectivity index (χ2n) is 5.68. The van der Waals surface area contributed by atoms with E-state index in [1.807, 2.05) is 44.2 Å². The van der Waals surface area contributed by atoms with E-state index in [4.69, 9.17) is 9.47 Å². The van der Waals surface area contributed by atoms with Gasteiger partial charge in [-0.25, -0.2) is 9.97 Å². The van der Waals surface area contributed by atoms with Crippen LogP contribution >= 0.6 is 0 Å². The molecular formula is C20H23N3O2. The maximum atomic E-state index is 5.73. The molecule has 0 radical (unpaired) electrons. The lowest BCUT2D eigenvalue weighted by Gasteiger charge is -2.17. The zero-order chi connectivity index (χ0) is 17.6. The van der Waals surface area contributed by atoms with Gasteiger partial charge >= 0.3 is 0 Å². The van der Waals surface area contributed by atoms with Crippen LogP contribution in [0.1, 0.15) is 32.4 Å². The molecule has 0 saturated carbocycles. The Bertz CT molecular complexity index is 837. The highest BCUT2D eigenvalue weighted by Gasteiger charge is 2.13. The standard InChI is InChI=1S/C20H23N3O2/c1-4-24-18-11-16-17(12-19(18)25-5-2)21-13-22-20(16)23-14(3)15-9-7-6-8-10-15/h6-14H,4-5H2,1-3H3,(H,21,22,23)/t14-/m0/s1. The number of rotatable bonds is 7. The van der Waals surface area contributed by atoms with Gasteiger partial charge in [0, 0.05) is 17.5 Å². The molecule has 1 aromatic heterocycles. The molecule has 0 spiro atoms. The normalized spacial score (nSPS) is 12.0. The molecule has 2 aromatic carbocycles. The van der Waals surface area contributed by atoms with Crippen molar-refractivity contribution in [2.24, 2.45) is 0 Å². The summed E-state index contributed by atoms with van der Waals surface area (Å²) in [4.78, 5) is 8.81. The second-order valence-corrected chi connectivity index (χ2v) is 5.68. The van der Waals surface area contributed by atoms with Crippen LogP contribution in [0.3, 0.4) is 0 Å². The second kappa shape index (κ2) is 7.83. The van der Waals surface area contributed by atoms with E-state index < -0.39 is 0 Å². The number of hydrogen-bond acceptors (Lipinski definition) is 5. The highest BCUT2D eigenvalue weighted by atomic mass is 16.5. The molecule has 0 amide bonds. The van der Waals surface area contributed by atoms with E-state index in [0.717, 1.165) is 16.7 Å². The average Bonchev–Trinajstić information content (AvgIpc) is 2.64. The van der Waals surface area contributed by atoms with Crippen LogP contribution in [0.5, 0.6) is 11.5 Å². The van der Waals surface area contributed by atoms with Gasteiger partial charge in [-0.1, -0.05) is 30.3 Å². The molecule has 130 valence electrons. The number of benzene rings is 2. The molecule has 1 atom stereocenters. The molecule has 5 nitrogen and oxygen atoms in total. The molecule has 0 aliphatic heterocycles. The fraction of sp³-hybridized carbons (Fsp3) is 0.300. The summed E-state index contributed by atoms with van der Waals surface area (Å²) in [6.45, 7) is 7.17. The van der Waals surface area contributed by atoms with Gasteiger partial charge in [-0.15, -0.1) is 0 Å². The largest absolute Gasteiger partial charge is 0.490 e. The first-order valence-electron chi connectivity index (χ1n) is 8.58. The Kier molecular flexibility index (Phi) is 5.33. The Labute approximate surface area is 148 Å². The maximum absolute atomic E-state index is 5.73. The summed E-state index contributed by atoms with van der Waals surface area (Å²) < 4.78 is 11.4. The first-order valence-corrected chi connectivity index (χ1v) is 8.58. The summed E-state index contributed by atoms with van der Waals surface area (Å²) in [5.41, 5.74) is 2.02. The van der Waals surface area contributed by atoms with Gasteiger partial charge in [0.2, 0.25) is 0 Å². The van der Waals surface area contributed by atoms with Crippen molar-refractivity contribution >= 4 is 16.7 Å². The van der Waals surface area contributed by atoms with Crippen molar-refractivity contribution in [3.8, 4) is 11.5 Å². The maximum Gasteiger partial charge on any atom is 0.163 e. The van der Waals surface area contributed by atoms with Crippen molar-refractivity contribution in [3.05, 3.63) is 54.4 Å². The summed E-state index contributed by atoms with van der Waals surface area (Å²) in [6.07, 6.45) is 1.57. The van der Waals surface area contributed by atoms with Crippen LogP contribution in [-0.4, -0.2) is 23.2 Å². The Balaban J connectivity index is 1.99. The van der Waals surface area contributed by atoms with E-state index in [1.54, 1.807) is 6.33 Å². The third kappa shape index (κ3) is 3.82. The molecule has 0 aliphatic rings. The van der Waals surface area contributed by atoms with Gasteiger partial charge in [-0.3, -0.25) is 0 Å². The van der Waals surface area contributed by atoms with Gasteiger partial charge < -0.3 is 14.8 Å². The van der Waals surface area contributed by atoms with E-state index in [2.05, 4.69) is 34.3 Å². The van der Waals surface area contributed by atoms with Crippen LogP contribution in [0.2, 0.25) is 0 Å². The van der Waals surface area contributed by atoms with E-state index in [9.17, 15) is 0 Å². The quantitative estimate of drug-likeness (QED) is 0.683. The molecule has 0 aliphatic carbocycles. The lowest BCUT2D eigenvalue weighted by molar-refractivity contribution is 0.288. The van der Waals surface area contributed by atoms with Crippen LogP contribution in [-0.2, 0) is 0 Å². The van der Waals surface area contributed by atoms with Crippen molar-refractivity contribution in [1.29, 1.82) is 0 Å². The van der Waals surface area contributed by atoms with Crippen molar-refractivity contribution in [2.45, 2.75) is 26.8 Å². The Morgan fingerprint density at radius 1 is 0.960 bits per heavy atom. The molecule has 3 rings (SSSR count). The highest BCUT2D eigenvalue weighted by Crippen LogP contribution is 2.35. The predicted octanol–water partition coefficient (Wildman–Crippen LogP) is 4.60. The topological polar surface area (TPSA) is 56.3 Å². The molecule has 1 N–H and O–H groups in total. The monoisotopic (exact) mass is 337 g/mol. The fourth-order valence-corrected chi connectivity index (χ4v) is 2.75. The molecule has 5 heteroatoms. The number of anilines is 1. The molecule has 0 fully saturated rings. The van der Waals surface area contributed by atoms with Crippen molar-refractivity contribution in [3.63, 3.8) is 0 Å². The van der Waals surface area contributed by atoms with Crippen LogP contribution in [0.15, 0.2) is 48.8 Å². The van der Waals surface area contributed by atoms with E-state index in [1.165, 1.54) is 5.56 Å². The number of nitrogens with one attached hydrogen (secondary N) is 1. The third-order valence-corrected chi connectivity index (χ3v) is 3.95. The van der Waals surface area contributed by atoms with E-state index in [-0.39, 0.29) is 6.04 Å². The summed E-state index contributed by atoms with van der Waals surface area (Å²) in [7, 11) is 0. The van der Waals surface area contributed by atoms with Gasteiger partial charge in [-0.2, -0.15) is 0 Å². The molecule has 0 bridgehead atoms. The fourth-order valence-electron chi connectivity index (χ4n) is 2.75. The molecule has 3 aromatic rings. The molecule has 25 heavy (non-hydrogen) atoms. The van der Waals surface area contributed by atoms with Crippen molar-refractivity contribution < 1.29 is 9.47 Å². The Morgan fingerprint density at radius 3 is 2.32 bits per heavy atom. The van der Waals surface area contributed by atoms with Gasteiger partial charge in [0.25, 0.3) is 0 Å². The summed E-state index contributed by atoms with van der Waals surface area (Å²) in [6, 6.07) is 14.3.